The summed E-state index contributed by atoms with van der Waals surface area (Å²) in [6.45, 7) is 9.27. The molecular weight excluding hydrogens is 388 g/mol. The Kier molecular flexibility index (Phi) is 12.2. The number of carboxylic acids is 1. The summed E-state index contributed by atoms with van der Waals surface area (Å²) in [5, 5.41) is 16.6. The van der Waals surface area contributed by atoms with Gasteiger partial charge in [0.25, 0.3) is 5.78 Å². The van der Waals surface area contributed by atoms with Crippen molar-refractivity contribution in [3.63, 3.8) is 0 Å². The fourth-order valence-corrected chi connectivity index (χ4v) is 2.79. The van der Waals surface area contributed by atoms with Gasteiger partial charge in [0.15, 0.2) is 0 Å². The van der Waals surface area contributed by atoms with Crippen LogP contribution in [0.2, 0.25) is 0 Å². The summed E-state index contributed by atoms with van der Waals surface area (Å²) in [6.07, 6.45) is -2.65. The van der Waals surface area contributed by atoms with Crippen molar-refractivity contribution in [1.29, 1.82) is 0 Å². The smallest absolute Gasteiger partial charge is 0.374 e. The molecule has 3 atom stereocenters. The van der Waals surface area contributed by atoms with Crippen molar-refractivity contribution in [2.24, 2.45) is 5.92 Å². The summed E-state index contributed by atoms with van der Waals surface area (Å²) in [4.78, 5) is 47.8. The van der Waals surface area contributed by atoms with Crippen LogP contribution in [0.15, 0.2) is 0 Å². The number of carboxylic acid groups (broad SMARTS) is 1. The van der Waals surface area contributed by atoms with E-state index in [0.29, 0.717) is 6.42 Å². The van der Waals surface area contributed by atoms with Crippen molar-refractivity contribution in [3.05, 3.63) is 0 Å². The molecule has 0 aromatic carbocycles. The summed E-state index contributed by atoms with van der Waals surface area (Å²) < 4.78 is 25.4. The molecule has 0 aliphatic rings. The molecule has 0 aromatic heterocycles. The molecule has 0 heterocycles. The molecule has 0 aliphatic carbocycles. The van der Waals surface area contributed by atoms with E-state index in [9.17, 15) is 28.0 Å². The monoisotopic (exact) mass is 421 g/mol. The molecule has 0 fully saturated rings. The second-order valence-corrected chi connectivity index (χ2v) is 7.71. The number of ketones is 1. The fraction of sp³-hybridized carbons (Fsp3) is 0.789. The highest BCUT2D eigenvalue weighted by Gasteiger charge is 2.33. The van der Waals surface area contributed by atoms with Gasteiger partial charge in [-0.05, 0) is 18.8 Å². The third-order valence-corrected chi connectivity index (χ3v) is 4.03. The first-order valence-corrected chi connectivity index (χ1v) is 9.81. The molecule has 168 valence electrons. The number of amides is 2. The number of halogens is 2. The molecule has 0 aliphatic heterocycles. The van der Waals surface area contributed by atoms with E-state index >= 15 is 0 Å². The maximum Gasteiger partial charge on any atom is 0.374 e. The molecule has 0 radical (unpaired) electrons. The van der Waals surface area contributed by atoms with E-state index < -0.39 is 54.5 Å². The van der Waals surface area contributed by atoms with Crippen molar-refractivity contribution in [2.45, 2.75) is 90.9 Å². The van der Waals surface area contributed by atoms with Crippen molar-refractivity contribution in [1.82, 2.24) is 16.0 Å². The minimum Gasteiger partial charge on any atom is -0.475 e. The highest BCUT2D eigenvalue weighted by atomic mass is 19.3. The number of aliphatic carboxylic acids is 1. The van der Waals surface area contributed by atoms with Gasteiger partial charge in [-0.15, -0.1) is 0 Å². The van der Waals surface area contributed by atoms with Crippen LogP contribution in [0.3, 0.4) is 0 Å². The van der Waals surface area contributed by atoms with Crippen molar-refractivity contribution in [2.75, 3.05) is 0 Å². The molecule has 0 saturated carbocycles. The summed E-state index contributed by atoms with van der Waals surface area (Å²) in [7, 11) is 0. The highest BCUT2D eigenvalue weighted by Crippen LogP contribution is 2.10. The van der Waals surface area contributed by atoms with Crippen LogP contribution in [0.4, 0.5) is 8.78 Å². The average Bonchev–Trinajstić information content (AvgIpc) is 2.58. The number of hydrogen-bond acceptors (Lipinski definition) is 5. The summed E-state index contributed by atoms with van der Waals surface area (Å²) in [5.74, 6) is -4.76. The summed E-state index contributed by atoms with van der Waals surface area (Å²) in [6, 6.07) is -3.47. The normalized spacial score (nSPS) is 14.6. The minimum atomic E-state index is -2.98. The van der Waals surface area contributed by atoms with Gasteiger partial charge < -0.3 is 21.1 Å². The topological polar surface area (TPSA) is 125 Å². The number of alkyl halides is 2. The molecule has 0 rings (SSSR count). The van der Waals surface area contributed by atoms with Crippen LogP contribution < -0.4 is 16.0 Å². The minimum absolute atomic E-state index is 0.0262. The Balaban J connectivity index is 5.40. The van der Waals surface area contributed by atoms with Crippen LogP contribution in [0.5, 0.6) is 0 Å². The van der Waals surface area contributed by atoms with Gasteiger partial charge in [-0.25, -0.2) is 13.6 Å². The largest absolute Gasteiger partial charge is 0.475 e. The van der Waals surface area contributed by atoms with E-state index in [1.165, 1.54) is 0 Å². The number of Topliss-reactive ketones (excluding diaryl/α,β-unsaturated/α-hetero) is 1. The molecule has 0 aromatic rings. The van der Waals surface area contributed by atoms with Gasteiger partial charge in [0.1, 0.15) is 12.1 Å². The van der Waals surface area contributed by atoms with Crippen LogP contribution >= 0.6 is 0 Å². The quantitative estimate of drug-likeness (QED) is 0.315. The molecule has 10 heteroatoms. The van der Waals surface area contributed by atoms with Crippen LogP contribution in [0.25, 0.3) is 0 Å². The van der Waals surface area contributed by atoms with Gasteiger partial charge in [0, 0.05) is 12.5 Å². The molecule has 2 amide bonds. The first-order chi connectivity index (χ1) is 13.4. The summed E-state index contributed by atoms with van der Waals surface area (Å²) in [5.41, 5.74) is 0. The number of hydrogen-bond donors (Lipinski definition) is 4. The second kappa shape index (κ2) is 13.2. The third kappa shape index (κ3) is 10.9. The first-order valence-electron chi connectivity index (χ1n) is 9.81. The lowest BCUT2D eigenvalue weighted by Gasteiger charge is -2.26. The number of nitrogens with one attached hydrogen (secondary N) is 3. The van der Waals surface area contributed by atoms with E-state index in [1.54, 1.807) is 13.8 Å². The van der Waals surface area contributed by atoms with Gasteiger partial charge in [-0.1, -0.05) is 41.0 Å². The maximum atomic E-state index is 12.7. The molecule has 1 unspecified atom stereocenters. The van der Waals surface area contributed by atoms with Gasteiger partial charge in [0.05, 0.1) is 6.04 Å². The molecule has 4 N–H and O–H groups in total. The van der Waals surface area contributed by atoms with Gasteiger partial charge >= 0.3 is 5.97 Å². The maximum absolute atomic E-state index is 12.7. The molecule has 8 nitrogen and oxygen atoms in total. The second-order valence-electron chi connectivity index (χ2n) is 7.71. The lowest BCUT2D eigenvalue weighted by molar-refractivity contribution is -0.151. The van der Waals surface area contributed by atoms with E-state index in [-0.39, 0.29) is 18.4 Å². The zero-order valence-corrected chi connectivity index (χ0v) is 17.6. The Bertz CT molecular complexity index is 570. The summed E-state index contributed by atoms with van der Waals surface area (Å²) >= 11 is 0. The predicted molar refractivity (Wildman–Crippen MR) is 104 cm³/mol. The predicted octanol–water partition coefficient (Wildman–Crippen LogP) is 1.48. The zero-order valence-electron chi connectivity index (χ0n) is 17.6. The van der Waals surface area contributed by atoms with Crippen molar-refractivity contribution < 1.29 is 33.1 Å². The Hall–Kier alpha value is -2.10. The van der Waals surface area contributed by atoms with Crippen LogP contribution in [-0.4, -0.2) is 59.3 Å². The Labute approximate surface area is 170 Å². The van der Waals surface area contributed by atoms with Crippen molar-refractivity contribution in [3.8, 4) is 0 Å². The van der Waals surface area contributed by atoms with Crippen LogP contribution in [0.1, 0.15) is 60.3 Å². The molecule has 0 saturated heterocycles. The SMILES string of the molecule is CCC[C@H](NC(C)C)C(=O)N[C@@H](CC(C)C)C(=O)NC(CC(F)F)C(=O)C(=O)O. The van der Waals surface area contributed by atoms with E-state index in [2.05, 4.69) is 16.0 Å². The van der Waals surface area contributed by atoms with Crippen LogP contribution in [-0.2, 0) is 19.2 Å². The number of carbonyl (C=O) groups excluding carboxylic acids is 3. The average molecular weight is 421 g/mol. The Morgan fingerprint density at radius 3 is 1.79 bits per heavy atom. The molecule has 29 heavy (non-hydrogen) atoms. The zero-order chi connectivity index (χ0) is 22.7. The number of carbonyl (C=O) groups is 4. The lowest BCUT2D eigenvalue weighted by atomic mass is 10.0. The Morgan fingerprint density at radius 2 is 1.38 bits per heavy atom. The lowest BCUT2D eigenvalue weighted by Crippen LogP contribution is -2.56. The van der Waals surface area contributed by atoms with Crippen LogP contribution in [0, 0.1) is 5.92 Å². The van der Waals surface area contributed by atoms with E-state index in [1.807, 2.05) is 20.8 Å². The van der Waals surface area contributed by atoms with E-state index in [0.717, 1.165) is 6.42 Å². The highest BCUT2D eigenvalue weighted by molar-refractivity contribution is 6.35. The molecule has 0 spiro atoms. The third-order valence-electron chi connectivity index (χ3n) is 4.03. The standard InChI is InChI=1S/C19H33F2N3O5/c1-6-7-12(22-11(4)5)17(26)24-14(8-10(2)3)18(27)23-13(9-15(20)21)16(25)19(28)29/h10-15,22H,6-9H2,1-5H3,(H,23,27)(H,24,26)(H,28,29)/t12-,13?,14-/m0/s1. The fourth-order valence-electron chi connectivity index (χ4n) is 2.79. The first kappa shape index (κ1) is 26.9. The van der Waals surface area contributed by atoms with Crippen molar-refractivity contribution >= 4 is 23.6 Å². The Morgan fingerprint density at radius 1 is 0.862 bits per heavy atom. The molecule has 0 bridgehead atoms. The number of rotatable bonds is 14. The van der Waals surface area contributed by atoms with Gasteiger partial charge in [0.2, 0.25) is 18.2 Å². The molecular formula is C19H33F2N3O5. The van der Waals surface area contributed by atoms with E-state index in [4.69, 9.17) is 5.11 Å². The van der Waals surface area contributed by atoms with Gasteiger partial charge in [-0.2, -0.15) is 0 Å². The van der Waals surface area contributed by atoms with Gasteiger partial charge in [-0.3, -0.25) is 14.4 Å².